The molecule has 0 saturated carbocycles. The second-order valence-corrected chi connectivity index (χ2v) is 6.21. The molecule has 20 heavy (non-hydrogen) atoms. The van der Waals surface area contributed by atoms with Gasteiger partial charge in [-0.3, -0.25) is 0 Å². The molecular weight excluding hydrogens is 319 g/mol. The molecule has 1 unspecified atom stereocenters. The summed E-state index contributed by atoms with van der Waals surface area (Å²) in [5.74, 6) is 0. The molecular formula is C10H20Cl2O8. The van der Waals surface area contributed by atoms with Gasteiger partial charge >= 0.3 is 0 Å². The number of unbranched alkanes of at least 4 members (excludes halogenated alkanes) is 5. The zero-order valence-corrected chi connectivity index (χ0v) is 12.8. The van der Waals surface area contributed by atoms with Crippen molar-refractivity contribution in [2.24, 2.45) is 0 Å². The highest BCUT2D eigenvalue weighted by Crippen LogP contribution is 2.13. The van der Waals surface area contributed by atoms with Gasteiger partial charge in [-0.1, -0.05) is 45.4 Å². The maximum atomic E-state index is 10.4. The Balaban J connectivity index is 3.99. The van der Waals surface area contributed by atoms with Gasteiger partial charge in [0.05, 0.1) is 29.1 Å². The zero-order chi connectivity index (χ0) is 15.6. The molecule has 122 valence electrons. The quantitative estimate of drug-likeness (QED) is 0.325. The summed E-state index contributed by atoms with van der Waals surface area (Å²) in [6, 6.07) is 0. The molecule has 0 spiro atoms. The molecule has 0 radical (unpaired) electrons. The average molecular weight is 339 g/mol. The molecule has 8 nitrogen and oxygen atoms in total. The first-order valence-electron chi connectivity index (χ1n) is 6.28. The van der Waals surface area contributed by atoms with Crippen molar-refractivity contribution in [1.82, 2.24) is 0 Å². The Bertz CT molecular complexity index is 240. The molecule has 0 saturated heterocycles. The maximum Gasteiger partial charge on any atom is 0.253 e. The van der Waals surface area contributed by atoms with Crippen molar-refractivity contribution in [2.75, 3.05) is 6.61 Å². The summed E-state index contributed by atoms with van der Waals surface area (Å²) < 4.78 is 70.1. The van der Waals surface area contributed by atoms with Gasteiger partial charge in [0, 0.05) is 0 Å². The molecule has 0 aromatic carbocycles. The van der Waals surface area contributed by atoms with Crippen molar-refractivity contribution in [3.05, 3.63) is 0 Å². The van der Waals surface area contributed by atoms with Crippen molar-refractivity contribution in [3.63, 3.8) is 0 Å². The van der Waals surface area contributed by atoms with E-state index in [9.17, 15) is 28.0 Å². The van der Waals surface area contributed by atoms with Gasteiger partial charge in [0.25, 0.3) is 6.10 Å². The lowest BCUT2D eigenvalue weighted by atomic mass is 10.1. The van der Waals surface area contributed by atoms with Crippen LogP contribution in [-0.2, 0) is 8.58 Å². The lowest BCUT2D eigenvalue weighted by Crippen LogP contribution is -2.64. The molecule has 0 aliphatic carbocycles. The molecule has 0 amide bonds. The summed E-state index contributed by atoms with van der Waals surface area (Å²) >= 11 is 0. The maximum absolute atomic E-state index is 10.4. The van der Waals surface area contributed by atoms with Crippen LogP contribution in [0.1, 0.15) is 51.9 Å². The van der Waals surface area contributed by atoms with E-state index >= 15 is 0 Å². The molecule has 1 atom stereocenters. The minimum absolute atomic E-state index is 0.117. The van der Waals surface area contributed by atoms with Crippen LogP contribution in [-0.4, -0.2) is 12.7 Å². The predicted molar refractivity (Wildman–Crippen MR) is 48.8 cm³/mol. The number of rotatable bonds is 12. The van der Waals surface area contributed by atoms with Gasteiger partial charge in [-0.05, 0) is 6.42 Å². The second kappa shape index (κ2) is 10.1. The standard InChI is InChI=1S/C10H20Cl2O8/c1-2-3-4-5-6-7-8-10(20-12(16,17)18)9-19-11(13,14)15/h10H,2-9H2,1H3. The molecule has 0 N–H and O–H groups in total. The van der Waals surface area contributed by atoms with E-state index in [2.05, 4.69) is 15.5 Å². The topological polar surface area (TPSA) is 157 Å². The SMILES string of the molecule is CCCCCCCCC(CO[Cl+3]([O-])([O-])[O-])O[Cl+3]([O-])([O-])[O-]. The van der Waals surface area contributed by atoms with Gasteiger partial charge in [0.15, 0.2) is 0 Å². The second-order valence-electron chi connectivity index (χ2n) is 4.30. The van der Waals surface area contributed by atoms with E-state index in [0.717, 1.165) is 32.1 Å². The molecule has 0 heterocycles. The van der Waals surface area contributed by atoms with Crippen molar-refractivity contribution >= 4 is 0 Å². The molecule has 0 aromatic rings. The molecule has 10 heteroatoms. The van der Waals surface area contributed by atoms with Gasteiger partial charge < -0.3 is 0 Å². The Kier molecular flexibility index (Phi) is 10.2. The lowest BCUT2D eigenvalue weighted by molar-refractivity contribution is -1.92. The summed E-state index contributed by atoms with van der Waals surface area (Å²) in [4.78, 5) is 0. The Morgan fingerprint density at radius 2 is 1.35 bits per heavy atom. The van der Waals surface area contributed by atoms with Crippen molar-refractivity contribution < 1.29 is 57.0 Å². The van der Waals surface area contributed by atoms with Crippen LogP contribution in [0.4, 0.5) is 0 Å². The van der Waals surface area contributed by atoms with Crippen LogP contribution in [0.5, 0.6) is 0 Å². The van der Waals surface area contributed by atoms with Crippen molar-refractivity contribution in [3.8, 4) is 0 Å². The highest BCUT2D eigenvalue weighted by atomic mass is 35.7. The summed E-state index contributed by atoms with van der Waals surface area (Å²) in [5.41, 5.74) is 0. The lowest BCUT2D eigenvalue weighted by Gasteiger charge is -2.18. The van der Waals surface area contributed by atoms with Crippen LogP contribution >= 0.6 is 0 Å². The fraction of sp³-hybridized carbons (Fsp3) is 1.00. The monoisotopic (exact) mass is 338 g/mol. The fourth-order valence-corrected chi connectivity index (χ4v) is 2.35. The molecule has 0 aliphatic heterocycles. The largest absolute Gasteiger partial charge is 0.253 e. The zero-order valence-electron chi connectivity index (χ0n) is 11.3. The number of halogens is 2. The van der Waals surface area contributed by atoms with Gasteiger partial charge in [-0.15, -0.1) is 0 Å². The smallest absolute Gasteiger partial charge is 0.183 e. The van der Waals surface area contributed by atoms with E-state index < -0.39 is 33.2 Å². The van der Waals surface area contributed by atoms with Crippen LogP contribution in [0.15, 0.2) is 0 Å². The Morgan fingerprint density at radius 3 is 1.85 bits per heavy atom. The van der Waals surface area contributed by atoms with Gasteiger partial charge in [-0.25, -0.2) is 0 Å². The first-order valence-corrected chi connectivity index (χ1v) is 8.75. The van der Waals surface area contributed by atoms with Gasteiger partial charge in [0.1, 0.15) is 0 Å². The van der Waals surface area contributed by atoms with E-state index in [0.29, 0.717) is 6.42 Å². The van der Waals surface area contributed by atoms with E-state index in [4.69, 9.17) is 0 Å². The van der Waals surface area contributed by atoms with E-state index in [1.54, 1.807) is 0 Å². The third-order valence-corrected chi connectivity index (χ3v) is 3.36. The molecule has 0 rings (SSSR count). The predicted octanol–water partition coefficient (Wildman–Crippen LogP) is -4.07. The Morgan fingerprint density at radius 1 is 0.800 bits per heavy atom. The number of hydrogen-bond donors (Lipinski definition) is 0. The average Bonchev–Trinajstić information content (AvgIpc) is 2.27. The minimum Gasteiger partial charge on any atom is -0.183 e. The van der Waals surface area contributed by atoms with Crippen LogP contribution in [0.3, 0.4) is 0 Å². The van der Waals surface area contributed by atoms with Crippen molar-refractivity contribution in [2.45, 2.75) is 58.0 Å². The minimum atomic E-state index is -4.69. The van der Waals surface area contributed by atoms with E-state index in [1.807, 2.05) is 0 Å². The first-order chi connectivity index (χ1) is 9.14. The Hall–Kier alpha value is 0.260. The summed E-state index contributed by atoms with van der Waals surface area (Å²) in [6.45, 7) is 1.28. The highest BCUT2D eigenvalue weighted by molar-refractivity contribution is 4.54. The molecule has 0 aromatic heterocycles. The Labute approximate surface area is 122 Å². The van der Waals surface area contributed by atoms with Crippen LogP contribution in [0.25, 0.3) is 0 Å². The van der Waals surface area contributed by atoms with Crippen LogP contribution in [0.2, 0.25) is 0 Å². The van der Waals surface area contributed by atoms with Gasteiger partial charge in [-0.2, -0.15) is 28.0 Å². The summed E-state index contributed by atoms with van der Waals surface area (Å²) in [5, 5.41) is 0. The van der Waals surface area contributed by atoms with E-state index in [1.165, 1.54) is 0 Å². The van der Waals surface area contributed by atoms with Crippen LogP contribution < -0.4 is 28.0 Å². The first kappa shape index (κ1) is 20.3. The normalized spacial score (nSPS) is 14.6. The fourth-order valence-electron chi connectivity index (χ4n) is 1.61. The number of hydrogen-bond acceptors (Lipinski definition) is 8. The highest BCUT2D eigenvalue weighted by Gasteiger charge is 2.34. The molecule has 0 aliphatic rings. The van der Waals surface area contributed by atoms with Crippen LogP contribution in [0, 0.1) is 20.5 Å². The van der Waals surface area contributed by atoms with Gasteiger partial charge in [0.2, 0.25) is 6.61 Å². The molecule has 0 fully saturated rings. The summed E-state index contributed by atoms with van der Waals surface area (Å²) in [7, 11) is -9.37. The van der Waals surface area contributed by atoms with Crippen molar-refractivity contribution in [1.29, 1.82) is 0 Å². The summed E-state index contributed by atoms with van der Waals surface area (Å²) in [6.07, 6.45) is 4.35. The third kappa shape index (κ3) is 14.7. The van der Waals surface area contributed by atoms with E-state index in [-0.39, 0.29) is 6.42 Å². The third-order valence-electron chi connectivity index (χ3n) is 2.50. The molecule has 0 bridgehead atoms.